The zero-order valence-electron chi connectivity index (χ0n) is 11.5. The summed E-state index contributed by atoms with van der Waals surface area (Å²) in [6.07, 6.45) is 0.307. The third-order valence-electron chi connectivity index (χ3n) is 3.27. The molecule has 0 fully saturated rings. The van der Waals surface area contributed by atoms with E-state index in [9.17, 15) is 9.90 Å². The molecule has 104 valence electrons. The van der Waals surface area contributed by atoms with Gasteiger partial charge in [-0.05, 0) is 18.1 Å². The third kappa shape index (κ3) is 2.89. The van der Waals surface area contributed by atoms with Crippen LogP contribution in [0.15, 0.2) is 60.7 Å². The topological polar surface area (TPSA) is 46.5 Å². The molecule has 3 heteroatoms. The average molecular weight is 270 g/mol. The SMILES string of the molecule is CCO[C@](Cc1ccccc1)(C(=O)O)c1ccccc1. The number of rotatable bonds is 6. The first kappa shape index (κ1) is 14.3. The molecule has 0 radical (unpaired) electrons. The molecule has 2 aromatic carbocycles. The van der Waals surface area contributed by atoms with Gasteiger partial charge >= 0.3 is 5.97 Å². The minimum atomic E-state index is -1.34. The van der Waals surface area contributed by atoms with Gasteiger partial charge in [0.15, 0.2) is 5.60 Å². The summed E-state index contributed by atoms with van der Waals surface area (Å²) in [5, 5.41) is 9.74. The van der Waals surface area contributed by atoms with E-state index < -0.39 is 11.6 Å². The van der Waals surface area contributed by atoms with Crippen molar-refractivity contribution >= 4 is 5.97 Å². The van der Waals surface area contributed by atoms with Crippen molar-refractivity contribution in [3.63, 3.8) is 0 Å². The number of ether oxygens (including phenoxy) is 1. The summed E-state index contributed by atoms with van der Waals surface area (Å²) in [7, 11) is 0. The van der Waals surface area contributed by atoms with Gasteiger partial charge in [0.25, 0.3) is 0 Å². The van der Waals surface area contributed by atoms with Gasteiger partial charge in [-0.15, -0.1) is 0 Å². The van der Waals surface area contributed by atoms with E-state index in [1.165, 1.54) is 0 Å². The summed E-state index contributed by atoms with van der Waals surface area (Å²) in [6.45, 7) is 2.15. The molecule has 1 atom stereocenters. The van der Waals surface area contributed by atoms with E-state index in [-0.39, 0.29) is 0 Å². The quantitative estimate of drug-likeness (QED) is 0.876. The van der Waals surface area contributed by atoms with Gasteiger partial charge in [0.05, 0.1) is 0 Å². The Morgan fingerprint density at radius 3 is 2.10 bits per heavy atom. The van der Waals surface area contributed by atoms with Crippen LogP contribution in [0, 0.1) is 0 Å². The van der Waals surface area contributed by atoms with Crippen molar-refractivity contribution in [1.29, 1.82) is 0 Å². The Hall–Kier alpha value is -2.13. The highest BCUT2D eigenvalue weighted by atomic mass is 16.5. The van der Waals surface area contributed by atoms with Crippen molar-refractivity contribution in [3.05, 3.63) is 71.8 Å². The maximum atomic E-state index is 11.9. The van der Waals surface area contributed by atoms with Crippen LogP contribution in [0.4, 0.5) is 0 Å². The molecule has 20 heavy (non-hydrogen) atoms. The van der Waals surface area contributed by atoms with Crippen molar-refractivity contribution in [2.75, 3.05) is 6.61 Å². The Morgan fingerprint density at radius 1 is 1.05 bits per heavy atom. The summed E-state index contributed by atoms with van der Waals surface area (Å²) in [5.74, 6) is -0.964. The van der Waals surface area contributed by atoms with Crippen molar-refractivity contribution in [3.8, 4) is 0 Å². The second-order valence-electron chi connectivity index (χ2n) is 4.59. The molecule has 3 nitrogen and oxygen atoms in total. The summed E-state index contributed by atoms with van der Waals surface area (Å²) in [5.41, 5.74) is 0.266. The first-order chi connectivity index (χ1) is 9.69. The van der Waals surface area contributed by atoms with Crippen molar-refractivity contribution in [1.82, 2.24) is 0 Å². The molecule has 0 aliphatic carbocycles. The molecule has 0 bridgehead atoms. The normalized spacial score (nSPS) is 13.7. The Labute approximate surface area is 118 Å². The van der Waals surface area contributed by atoms with Gasteiger partial charge in [0.1, 0.15) is 0 Å². The molecule has 2 aromatic rings. The summed E-state index contributed by atoms with van der Waals surface area (Å²) >= 11 is 0. The first-order valence-corrected chi connectivity index (χ1v) is 6.66. The summed E-state index contributed by atoms with van der Waals surface area (Å²) in [4.78, 5) is 11.9. The number of carboxylic acid groups (broad SMARTS) is 1. The molecule has 0 heterocycles. The lowest BCUT2D eigenvalue weighted by Gasteiger charge is -2.30. The Bertz CT molecular complexity index is 551. The second kappa shape index (κ2) is 6.35. The standard InChI is InChI=1S/C17H18O3/c1-2-20-17(16(18)19,15-11-7-4-8-12-15)13-14-9-5-3-6-10-14/h3-12H,2,13H2,1H3,(H,18,19)/t17-/m0/s1. The van der Waals surface area contributed by atoms with Gasteiger partial charge in [-0.2, -0.15) is 0 Å². The van der Waals surface area contributed by atoms with Crippen molar-refractivity contribution in [2.24, 2.45) is 0 Å². The molecule has 0 unspecified atom stereocenters. The molecule has 2 rings (SSSR count). The molecule has 0 saturated heterocycles. The molecule has 0 aliphatic rings. The van der Waals surface area contributed by atoms with Crippen LogP contribution in [0.25, 0.3) is 0 Å². The number of benzene rings is 2. The van der Waals surface area contributed by atoms with Crippen LogP contribution in [0.3, 0.4) is 0 Å². The van der Waals surface area contributed by atoms with Crippen LogP contribution in [-0.4, -0.2) is 17.7 Å². The molecule has 0 amide bonds. The predicted octanol–water partition coefficient (Wildman–Crippen LogP) is 3.25. The van der Waals surface area contributed by atoms with E-state index in [0.29, 0.717) is 18.6 Å². The van der Waals surface area contributed by atoms with Gasteiger partial charge in [0.2, 0.25) is 0 Å². The fourth-order valence-electron chi connectivity index (χ4n) is 2.33. The Kier molecular flexibility index (Phi) is 4.53. The third-order valence-corrected chi connectivity index (χ3v) is 3.27. The first-order valence-electron chi connectivity index (χ1n) is 6.66. The Morgan fingerprint density at radius 2 is 1.60 bits per heavy atom. The second-order valence-corrected chi connectivity index (χ2v) is 4.59. The van der Waals surface area contributed by atoms with E-state index in [0.717, 1.165) is 5.56 Å². The van der Waals surface area contributed by atoms with Gasteiger partial charge < -0.3 is 9.84 Å². The maximum absolute atomic E-state index is 11.9. The number of hydrogen-bond donors (Lipinski definition) is 1. The maximum Gasteiger partial charge on any atom is 0.341 e. The number of carboxylic acids is 1. The van der Waals surface area contributed by atoms with Crippen LogP contribution in [0.1, 0.15) is 18.1 Å². The molecule has 0 saturated carbocycles. The van der Waals surface area contributed by atoms with Crippen LogP contribution < -0.4 is 0 Å². The fourth-order valence-corrected chi connectivity index (χ4v) is 2.33. The highest BCUT2D eigenvalue weighted by Crippen LogP contribution is 2.30. The number of carbonyl (C=O) groups is 1. The lowest BCUT2D eigenvalue weighted by atomic mass is 9.87. The minimum absolute atomic E-state index is 0.307. The van der Waals surface area contributed by atoms with E-state index in [1.807, 2.05) is 55.5 Å². The van der Waals surface area contributed by atoms with Gasteiger partial charge in [-0.1, -0.05) is 60.7 Å². The van der Waals surface area contributed by atoms with E-state index >= 15 is 0 Å². The molecular weight excluding hydrogens is 252 g/mol. The number of aliphatic carboxylic acids is 1. The zero-order chi connectivity index (χ0) is 14.4. The smallest absolute Gasteiger partial charge is 0.341 e. The lowest BCUT2D eigenvalue weighted by Crippen LogP contribution is -2.41. The molecule has 0 aromatic heterocycles. The van der Waals surface area contributed by atoms with Gasteiger partial charge in [-0.25, -0.2) is 4.79 Å². The Balaban J connectivity index is 2.45. The molecule has 0 aliphatic heterocycles. The zero-order valence-corrected chi connectivity index (χ0v) is 11.5. The van der Waals surface area contributed by atoms with Crippen molar-refractivity contribution in [2.45, 2.75) is 18.9 Å². The summed E-state index contributed by atoms with van der Waals surface area (Å²) < 4.78 is 5.68. The van der Waals surface area contributed by atoms with E-state index in [4.69, 9.17) is 4.74 Å². The van der Waals surface area contributed by atoms with E-state index in [1.54, 1.807) is 12.1 Å². The van der Waals surface area contributed by atoms with Crippen LogP contribution >= 0.6 is 0 Å². The van der Waals surface area contributed by atoms with Crippen molar-refractivity contribution < 1.29 is 14.6 Å². The number of hydrogen-bond acceptors (Lipinski definition) is 2. The fraction of sp³-hybridized carbons (Fsp3) is 0.235. The predicted molar refractivity (Wildman–Crippen MR) is 77.5 cm³/mol. The summed E-state index contributed by atoms with van der Waals surface area (Å²) in [6, 6.07) is 18.7. The molecule has 1 N–H and O–H groups in total. The van der Waals surface area contributed by atoms with Gasteiger partial charge in [-0.3, -0.25) is 0 Å². The van der Waals surface area contributed by atoms with E-state index in [2.05, 4.69) is 0 Å². The average Bonchev–Trinajstić information content (AvgIpc) is 2.48. The lowest BCUT2D eigenvalue weighted by molar-refractivity contribution is -0.167. The van der Waals surface area contributed by atoms with Crippen LogP contribution in [0.2, 0.25) is 0 Å². The molecule has 0 spiro atoms. The monoisotopic (exact) mass is 270 g/mol. The molecular formula is C17H18O3. The highest BCUT2D eigenvalue weighted by molar-refractivity contribution is 5.80. The van der Waals surface area contributed by atoms with Crippen LogP contribution in [-0.2, 0) is 21.6 Å². The van der Waals surface area contributed by atoms with Gasteiger partial charge in [0, 0.05) is 13.0 Å². The highest BCUT2D eigenvalue weighted by Gasteiger charge is 2.41. The largest absolute Gasteiger partial charge is 0.479 e. The van der Waals surface area contributed by atoms with Crippen LogP contribution in [0.5, 0.6) is 0 Å². The minimum Gasteiger partial charge on any atom is -0.479 e.